The predicted molar refractivity (Wildman–Crippen MR) is 87.4 cm³/mol. The monoisotopic (exact) mass is 297 g/mol. The minimum absolute atomic E-state index is 0.120. The van der Waals surface area contributed by atoms with Crippen LogP contribution in [0.1, 0.15) is 72.6 Å². The van der Waals surface area contributed by atoms with Gasteiger partial charge in [0.05, 0.1) is 18.8 Å². The van der Waals surface area contributed by atoms with Crippen molar-refractivity contribution in [1.29, 1.82) is 0 Å². The molecular weight excluding hydrogens is 262 g/mol. The Kier molecular flexibility index (Phi) is 6.10. The van der Waals surface area contributed by atoms with Gasteiger partial charge in [0.1, 0.15) is 0 Å². The zero-order valence-corrected chi connectivity index (χ0v) is 14.4. The molecule has 0 amide bonds. The number of hydrogen-bond donors (Lipinski definition) is 2. The smallest absolute Gasteiger partial charge is 0.0614 e. The van der Waals surface area contributed by atoms with Gasteiger partial charge in [0, 0.05) is 11.6 Å². The molecule has 3 nitrogen and oxygen atoms in total. The number of rotatable bonds is 5. The second kappa shape index (κ2) is 7.43. The summed E-state index contributed by atoms with van der Waals surface area (Å²) >= 11 is 0. The van der Waals surface area contributed by atoms with Crippen molar-refractivity contribution in [2.24, 2.45) is 11.8 Å². The van der Waals surface area contributed by atoms with Crippen molar-refractivity contribution < 1.29 is 9.84 Å². The van der Waals surface area contributed by atoms with Crippen LogP contribution in [-0.2, 0) is 4.74 Å². The number of aliphatic hydroxyl groups excluding tert-OH is 1. The van der Waals surface area contributed by atoms with E-state index in [0.717, 1.165) is 37.5 Å². The first kappa shape index (κ1) is 17.2. The molecule has 0 bridgehead atoms. The van der Waals surface area contributed by atoms with E-state index >= 15 is 0 Å². The van der Waals surface area contributed by atoms with Crippen molar-refractivity contribution in [1.82, 2.24) is 5.32 Å². The highest BCUT2D eigenvalue weighted by Gasteiger charge is 2.38. The van der Waals surface area contributed by atoms with E-state index in [1.807, 2.05) is 0 Å². The van der Waals surface area contributed by atoms with E-state index in [1.165, 1.54) is 19.3 Å². The normalized spacial score (nSPS) is 41.4. The molecule has 0 aromatic heterocycles. The lowest BCUT2D eigenvalue weighted by Crippen LogP contribution is -2.55. The molecule has 2 fully saturated rings. The molecule has 5 atom stereocenters. The molecule has 2 aliphatic carbocycles. The molecule has 0 spiro atoms. The third-order valence-corrected chi connectivity index (χ3v) is 5.63. The second-order valence-electron chi connectivity index (χ2n) is 7.98. The lowest BCUT2D eigenvalue weighted by molar-refractivity contribution is -0.0810. The van der Waals surface area contributed by atoms with Gasteiger partial charge in [-0.15, -0.1) is 0 Å². The highest BCUT2D eigenvalue weighted by atomic mass is 16.5. The Morgan fingerprint density at radius 3 is 2.52 bits per heavy atom. The van der Waals surface area contributed by atoms with Crippen molar-refractivity contribution in [2.75, 3.05) is 6.61 Å². The van der Waals surface area contributed by atoms with Gasteiger partial charge in [-0.05, 0) is 56.8 Å². The van der Waals surface area contributed by atoms with Crippen molar-refractivity contribution in [3.8, 4) is 0 Å². The molecule has 0 aromatic carbocycles. The maximum absolute atomic E-state index is 9.87. The van der Waals surface area contributed by atoms with Gasteiger partial charge in [-0.1, -0.05) is 27.7 Å². The summed E-state index contributed by atoms with van der Waals surface area (Å²) in [6, 6.07) is 0.409. The van der Waals surface area contributed by atoms with Crippen LogP contribution in [0.15, 0.2) is 0 Å². The molecule has 21 heavy (non-hydrogen) atoms. The predicted octanol–water partition coefficient (Wildman–Crippen LogP) is 3.50. The molecule has 0 aromatic rings. The molecule has 2 saturated carbocycles. The molecule has 2 rings (SSSR count). The van der Waals surface area contributed by atoms with E-state index in [2.05, 4.69) is 33.0 Å². The van der Waals surface area contributed by atoms with Crippen molar-refractivity contribution >= 4 is 0 Å². The minimum atomic E-state index is -0.120. The first-order chi connectivity index (χ1) is 9.94. The molecule has 2 aliphatic rings. The molecule has 0 heterocycles. The Morgan fingerprint density at radius 1 is 1.14 bits per heavy atom. The van der Waals surface area contributed by atoms with E-state index in [-0.39, 0.29) is 12.1 Å². The highest BCUT2D eigenvalue weighted by molar-refractivity contribution is 4.95. The van der Waals surface area contributed by atoms with Gasteiger partial charge in [-0.25, -0.2) is 0 Å². The fourth-order valence-corrected chi connectivity index (χ4v) is 4.25. The fourth-order valence-electron chi connectivity index (χ4n) is 4.25. The Hall–Kier alpha value is -0.120. The lowest BCUT2D eigenvalue weighted by atomic mass is 9.78. The fraction of sp³-hybridized carbons (Fsp3) is 1.00. The molecule has 124 valence electrons. The Bertz CT molecular complexity index is 320. The Morgan fingerprint density at radius 2 is 1.90 bits per heavy atom. The summed E-state index contributed by atoms with van der Waals surface area (Å²) in [5, 5.41) is 13.5. The average molecular weight is 297 g/mol. The van der Waals surface area contributed by atoms with Crippen LogP contribution in [0.3, 0.4) is 0 Å². The van der Waals surface area contributed by atoms with Crippen molar-refractivity contribution in [2.45, 2.75) is 96.4 Å². The summed E-state index contributed by atoms with van der Waals surface area (Å²) in [6.45, 7) is 9.27. The number of ether oxygens (including phenoxy) is 1. The molecule has 0 saturated heterocycles. The van der Waals surface area contributed by atoms with Crippen LogP contribution in [0, 0.1) is 11.8 Å². The van der Waals surface area contributed by atoms with Crippen LogP contribution in [0.25, 0.3) is 0 Å². The van der Waals surface area contributed by atoms with Crippen LogP contribution in [0.4, 0.5) is 0 Å². The van der Waals surface area contributed by atoms with Gasteiger partial charge in [-0.3, -0.25) is 0 Å². The van der Waals surface area contributed by atoms with E-state index < -0.39 is 0 Å². The molecule has 2 N–H and O–H groups in total. The van der Waals surface area contributed by atoms with Crippen LogP contribution < -0.4 is 5.32 Å². The largest absolute Gasteiger partial charge is 0.394 e. The van der Waals surface area contributed by atoms with Crippen LogP contribution in [0.2, 0.25) is 0 Å². The third-order valence-electron chi connectivity index (χ3n) is 5.63. The SMILES string of the molecule is CC(C)NC1(CO)CCCC(OC2CCC(C)C(C)C2)C1. The number of hydrogen-bond acceptors (Lipinski definition) is 3. The highest BCUT2D eigenvalue weighted by Crippen LogP contribution is 2.35. The molecule has 3 heteroatoms. The lowest BCUT2D eigenvalue weighted by Gasteiger charge is -2.43. The maximum atomic E-state index is 9.87. The van der Waals surface area contributed by atoms with Crippen molar-refractivity contribution in [3.63, 3.8) is 0 Å². The molecule has 0 radical (unpaired) electrons. The summed E-state index contributed by atoms with van der Waals surface area (Å²) in [6.07, 6.45) is 8.83. The van der Waals surface area contributed by atoms with Gasteiger partial charge in [0.15, 0.2) is 0 Å². The van der Waals surface area contributed by atoms with Gasteiger partial charge >= 0.3 is 0 Å². The first-order valence-corrected chi connectivity index (χ1v) is 8.98. The van der Waals surface area contributed by atoms with E-state index in [1.54, 1.807) is 0 Å². The van der Waals surface area contributed by atoms with Crippen LogP contribution in [0.5, 0.6) is 0 Å². The minimum Gasteiger partial charge on any atom is -0.394 e. The van der Waals surface area contributed by atoms with E-state index in [0.29, 0.717) is 18.2 Å². The quantitative estimate of drug-likeness (QED) is 0.816. The maximum Gasteiger partial charge on any atom is 0.0614 e. The molecule has 0 aliphatic heterocycles. The number of nitrogens with one attached hydrogen (secondary N) is 1. The zero-order chi connectivity index (χ0) is 15.5. The average Bonchev–Trinajstić information content (AvgIpc) is 2.42. The van der Waals surface area contributed by atoms with Gasteiger partial charge in [0.2, 0.25) is 0 Å². The standard InChI is InChI=1S/C18H35NO2/c1-13(2)19-18(12-20)9-5-6-17(11-18)21-16-8-7-14(3)15(4)10-16/h13-17,19-20H,5-12H2,1-4H3. The summed E-state index contributed by atoms with van der Waals surface area (Å²) in [5.74, 6) is 1.62. The molecular formula is C18H35NO2. The first-order valence-electron chi connectivity index (χ1n) is 8.98. The Labute approximate surface area is 130 Å². The summed E-state index contributed by atoms with van der Waals surface area (Å²) in [4.78, 5) is 0. The summed E-state index contributed by atoms with van der Waals surface area (Å²) in [5.41, 5.74) is -0.120. The van der Waals surface area contributed by atoms with Crippen LogP contribution >= 0.6 is 0 Å². The van der Waals surface area contributed by atoms with E-state index in [4.69, 9.17) is 4.74 Å². The van der Waals surface area contributed by atoms with Gasteiger partial charge in [-0.2, -0.15) is 0 Å². The third kappa shape index (κ3) is 4.67. The second-order valence-corrected chi connectivity index (χ2v) is 7.98. The van der Waals surface area contributed by atoms with E-state index in [9.17, 15) is 5.11 Å². The van der Waals surface area contributed by atoms with Gasteiger partial charge in [0.25, 0.3) is 0 Å². The van der Waals surface area contributed by atoms with Crippen molar-refractivity contribution in [3.05, 3.63) is 0 Å². The molecule has 5 unspecified atom stereocenters. The zero-order valence-electron chi connectivity index (χ0n) is 14.4. The summed E-state index contributed by atoms with van der Waals surface area (Å²) in [7, 11) is 0. The summed E-state index contributed by atoms with van der Waals surface area (Å²) < 4.78 is 6.44. The topological polar surface area (TPSA) is 41.5 Å². The number of aliphatic hydroxyl groups is 1. The Balaban J connectivity index is 1.88. The van der Waals surface area contributed by atoms with Gasteiger partial charge < -0.3 is 15.2 Å². The van der Waals surface area contributed by atoms with Crippen LogP contribution in [-0.4, -0.2) is 35.5 Å².